The number of likely N-dealkylation sites (tertiary alicyclic amines) is 1. The zero-order chi connectivity index (χ0) is 22.5. The van der Waals surface area contributed by atoms with Crippen LogP contribution in [0.2, 0.25) is 5.02 Å². The minimum atomic E-state index is -0.300. The first-order chi connectivity index (χ1) is 15.5. The lowest BCUT2D eigenvalue weighted by molar-refractivity contribution is -0.131. The van der Waals surface area contributed by atoms with E-state index in [0.717, 1.165) is 23.4 Å². The monoisotopic (exact) mass is 470 g/mol. The van der Waals surface area contributed by atoms with Crippen LogP contribution in [-0.2, 0) is 11.2 Å². The van der Waals surface area contributed by atoms with Gasteiger partial charge < -0.3 is 15.0 Å². The number of piperidine rings is 1. The topological polar surface area (TPSA) is 84.4 Å². The van der Waals surface area contributed by atoms with Crippen LogP contribution in [0.4, 0.5) is 5.69 Å². The Morgan fingerprint density at radius 3 is 2.75 bits per heavy atom. The van der Waals surface area contributed by atoms with E-state index in [9.17, 15) is 9.59 Å². The molecule has 1 saturated heterocycles. The number of aromatic nitrogens is 2. The van der Waals surface area contributed by atoms with Gasteiger partial charge in [0.15, 0.2) is 0 Å². The minimum Gasteiger partial charge on any atom is -0.480 e. The molecule has 0 radical (unpaired) electrons. The number of hydrogen-bond donors (Lipinski definition) is 1. The molecule has 0 atom stereocenters. The van der Waals surface area contributed by atoms with Crippen LogP contribution in [-0.4, -0.2) is 46.9 Å². The molecule has 0 spiro atoms. The molecule has 3 aromatic rings. The lowest BCUT2D eigenvalue weighted by Crippen LogP contribution is -2.38. The van der Waals surface area contributed by atoms with Gasteiger partial charge in [-0.15, -0.1) is 11.3 Å². The quantitative estimate of drug-likeness (QED) is 0.577. The summed E-state index contributed by atoms with van der Waals surface area (Å²) >= 11 is 7.66. The Balaban J connectivity index is 1.33. The number of nitrogens with one attached hydrogen (secondary N) is 1. The Morgan fingerprint density at radius 1 is 1.22 bits per heavy atom. The lowest BCUT2D eigenvalue weighted by Gasteiger charge is -2.31. The van der Waals surface area contributed by atoms with Gasteiger partial charge in [0.2, 0.25) is 11.8 Å². The number of hydrogen-bond acceptors (Lipinski definition) is 6. The lowest BCUT2D eigenvalue weighted by atomic mass is 9.97. The molecule has 9 heteroatoms. The van der Waals surface area contributed by atoms with E-state index in [4.69, 9.17) is 16.3 Å². The molecule has 0 unspecified atom stereocenters. The predicted octanol–water partition coefficient (Wildman–Crippen LogP) is 4.40. The summed E-state index contributed by atoms with van der Waals surface area (Å²) < 4.78 is 5.17. The fraction of sp³-hybridized carbons (Fsp3) is 0.304. The summed E-state index contributed by atoms with van der Waals surface area (Å²) in [5, 5.41) is 6.11. The highest BCUT2D eigenvalue weighted by atomic mass is 35.5. The number of rotatable bonds is 6. The first-order valence-corrected chi connectivity index (χ1v) is 11.6. The molecule has 0 aliphatic carbocycles. The first kappa shape index (κ1) is 22.2. The van der Waals surface area contributed by atoms with E-state index in [2.05, 4.69) is 15.3 Å². The second-order valence-electron chi connectivity index (χ2n) is 7.51. The highest BCUT2D eigenvalue weighted by Gasteiger charge is 2.26. The van der Waals surface area contributed by atoms with E-state index in [1.807, 2.05) is 23.1 Å². The SMILES string of the molecule is COc1ncccc1NC(=O)c1csc(C2CCN(C(=O)Cc3ccccc3Cl)CC2)n1. The number of carbonyl (C=O) groups is 2. The van der Waals surface area contributed by atoms with E-state index in [-0.39, 0.29) is 17.7 Å². The molecule has 0 bridgehead atoms. The van der Waals surface area contributed by atoms with Crippen LogP contribution in [0.1, 0.15) is 39.8 Å². The third-order valence-corrected chi connectivity index (χ3v) is 6.84. The van der Waals surface area contributed by atoms with Crippen molar-refractivity contribution in [2.45, 2.75) is 25.2 Å². The molecule has 1 fully saturated rings. The van der Waals surface area contributed by atoms with E-state index in [0.29, 0.717) is 41.8 Å². The van der Waals surface area contributed by atoms with Crippen LogP contribution in [0.5, 0.6) is 5.88 Å². The molecule has 32 heavy (non-hydrogen) atoms. The Labute approximate surface area is 195 Å². The summed E-state index contributed by atoms with van der Waals surface area (Å²) in [4.78, 5) is 35.8. The van der Waals surface area contributed by atoms with Gasteiger partial charge in [0.25, 0.3) is 5.91 Å². The largest absolute Gasteiger partial charge is 0.480 e. The van der Waals surface area contributed by atoms with Crippen molar-refractivity contribution < 1.29 is 14.3 Å². The number of halogens is 1. The summed E-state index contributed by atoms with van der Waals surface area (Å²) in [5.74, 6) is 0.372. The number of amides is 2. The number of thiazole rings is 1. The van der Waals surface area contributed by atoms with Gasteiger partial charge in [-0.1, -0.05) is 29.8 Å². The maximum absolute atomic E-state index is 12.7. The fourth-order valence-electron chi connectivity index (χ4n) is 3.71. The predicted molar refractivity (Wildman–Crippen MR) is 125 cm³/mol. The molecule has 2 amide bonds. The number of pyridine rings is 1. The second kappa shape index (κ2) is 10.1. The average molecular weight is 471 g/mol. The molecule has 3 heterocycles. The number of benzene rings is 1. The van der Waals surface area contributed by atoms with E-state index < -0.39 is 0 Å². The molecule has 1 aliphatic rings. The summed E-state index contributed by atoms with van der Waals surface area (Å²) in [6, 6.07) is 10.9. The van der Waals surface area contributed by atoms with Crippen molar-refractivity contribution in [1.29, 1.82) is 0 Å². The van der Waals surface area contributed by atoms with Crippen LogP contribution in [0, 0.1) is 0 Å². The second-order valence-corrected chi connectivity index (χ2v) is 8.81. The van der Waals surface area contributed by atoms with Crippen LogP contribution >= 0.6 is 22.9 Å². The van der Waals surface area contributed by atoms with Crippen molar-refractivity contribution in [3.63, 3.8) is 0 Å². The molecule has 2 aromatic heterocycles. The summed E-state index contributed by atoms with van der Waals surface area (Å²) in [5.41, 5.74) is 1.72. The smallest absolute Gasteiger partial charge is 0.275 e. The van der Waals surface area contributed by atoms with Crippen molar-refractivity contribution in [3.05, 3.63) is 69.3 Å². The molecule has 166 valence electrons. The number of nitrogens with zero attached hydrogens (tertiary/aromatic N) is 3. The van der Waals surface area contributed by atoms with Crippen molar-refractivity contribution in [2.75, 3.05) is 25.5 Å². The molecule has 1 aliphatic heterocycles. The fourth-order valence-corrected chi connectivity index (χ4v) is 4.88. The average Bonchev–Trinajstić information content (AvgIpc) is 3.31. The van der Waals surface area contributed by atoms with Gasteiger partial charge in [0, 0.05) is 35.6 Å². The highest BCUT2D eigenvalue weighted by Crippen LogP contribution is 2.31. The van der Waals surface area contributed by atoms with Crippen LogP contribution < -0.4 is 10.1 Å². The zero-order valence-corrected chi connectivity index (χ0v) is 19.2. The van der Waals surface area contributed by atoms with Gasteiger partial charge in [0.05, 0.1) is 18.5 Å². The third-order valence-electron chi connectivity index (χ3n) is 5.46. The minimum absolute atomic E-state index is 0.0844. The highest BCUT2D eigenvalue weighted by molar-refractivity contribution is 7.10. The van der Waals surface area contributed by atoms with Gasteiger partial charge in [-0.3, -0.25) is 9.59 Å². The van der Waals surface area contributed by atoms with Crippen molar-refractivity contribution >= 4 is 40.4 Å². The summed E-state index contributed by atoms with van der Waals surface area (Å²) in [7, 11) is 1.50. The Hall–Kier alpha value is -2.97. The Kier molecular flexibility index (Phi) is 7.02. The first-order valence-electron chi connectivity index (χ1n) is 10.3. The van der Waals surface area contributed by atoms with Gasteiger partial charge in [0.1, 0.15) is 11.4 Å². The van der Waals surface area contributed by atoms with Crippen LogP contribution in [0.3, 0.4) is 0 Å². The molecular weight excluding hydrogens is 448 g/mol. The molecule has 4 rings (SSSR count). The van der Waals surface area contributed by atoms with Crippen molar-refractivity contribution in [2.24, 2.45) is 0 Å². The molecular formula is C23H23ClN4O3S. The van der Waals surface area contributed by atoms with Gasteiger partial charge in [-0.2, -0.15) is 0 Å². The maximum Gasteiger partial charge on any atom is 0.275 e. The summed E-state index contributed by atoms with van der Waals surface area (Å²) in [6.45, 7) is 1.34. The molecule has 7 nitrogen and oxygen atoms in total. The Bertz CT molecular complexity index is 1110. The van der Waals surface area contributed by atoms with E-state index >= 15 is 0 Å². The summed E-state index contributed by atoms with van der Waals surface area (Å²) in [6.07, 6.45) is 3.54. The van der Waals surface area contributed by atoms with E-state index in [1.54, 1.807) is 29.8 Å². The van der Waals surface area contributed by atoms with Crippen LogP contribution in [0.15, 0.2) is 48.0 Å². The number of ether oxygens (including phenoxy) is 1. The Morgan fingerprint density at radius 2 is 2.00 bits per heavy atom. The van der Waals surface area contributed by atoms with Crippen LogP contribution in [0.25, 0.3) is 0 Å². The molecule has 0 saturated carbocycles. The van der Waals surface area contributed by atoms with Crippen molar-refractivity contribution in [1.82, 2.24) is 14.9 Å². The number of carbonyl (C=O) groups excluding carboxylic acids is 2. The molecule has 1 aromatic carbocycles. The third kappa shape index (κ3) is 5.08. The number of methoxy groups -OCH3 is 1. The van der Waals surface area contributed by atoms with Crippen molar-refractivity contribution in [3.8, 4) is 5.88 Å². The number of anilines is 1. The standard InChI is InChI=1S/C23H23ClN4O3S/c1-31-22-18(7-4-10-25-22)26-21(30)19-14-32-23(27-19)15-8-11-28(12-9-15)20(29)13-16-5-2-3-6-17(16)24/h2-7,10,14-15H,8-9,11-13H2,1H3,(H,26,30). The van der Waals surface area contributed by atoms with Gasteiger partial charge in [-0.25, -0.2) is 9.97 Å². The van der Waals surface area contributed by atoms with Gasteiger partial charge in [-0.05, 0) is 36.6 Å². The maximum atomic E-state index is 12.7. The normalized spacial score (nSPS) is 14.2. The molecule has 1 N–H and O–H groups in total. The van der Waals surface area contributed by atoms with E-state index in [1.165, 1.54) is 18.4 Å². The van der Waals surface area contributed by atoms with Gasteiger partial charge >= 0.3 is 0 Å². The zero-order valence-electron chi connectivity index (χ0n) is 17.6.